The van der Waals surface area contributed by atoms with E-state index in [1.165, 1.54) is 0 Å². The lowest BCUT2D eigenvalue weighted by Crippen LogP contribution is -2.67. The smallest absolute Gasteiger partial charge is 0.414 e. The van der Waals surface area contributed by atoms with Gasteiger partial charge >= 0.3 is 6.09 Å². The first-order valence-electron chi connectivity index (χ1n) is 13.1. The molecule has 5 fully saturated rings. The van der Waals surface area contributed by atoms with Crippen LogP contribution in [0.3, 0.4) is 0 Å². The summed E-state index contributed by atoms with van der Waals surface area (Å²) in [5, 5.41) is 25.4. The van der Waals surface area contributed by atoms with Crippen LogP contribution in [0.25, 0.3) is 0 Å². The fourth-order valence-corrected chi connectivity index (χ4v) is 8.74. The van der Waals surface area contributed by atoms with Crippen LogP contribution in [0, 0.1) is 34.0 Å². The van der Waals surface area contributed by atoms with Crippen molar-refractivity contribution in [2.75, 3.05) is 19.6 Å². The third-order valence-corrected chi connectivity index (χ3v) is 10.9. The Kier molecular flexibility index (Phi) is 5.59. The number of carbonyl (C=O) groups excluding carboxylic acids is 3. The average Bonchev–Trinajstić information content (AvgIpc) is 3.50. The van der Waals surface area contributed by atoms with E-state index in [2.05, 4.69) is 16.8 Å². The number of alkyl carbamates (subject to hydrolysis) is 1. The van der Waals surface area contributed by atoms with E-state index in [-0.39, 0.29) is 29.9 Å². The molecule has 3 aliphatic carbocycles. The highest BCUT2D eigenvalue weighted by Gasteiger charge is 2.71. The van der Waals surface area contributed by atoms with E-state index in [1.54, 1.807) is 6.92 Å². The van der Waals surface area contributed by atoms with Crippen LogP contribution in [-0.4, -0.2) is 70.3 Å². The molecule has 4 bridgehead atoms. The van der Waals surface area contributed by atoms with Crippen LogP contribution in [0.15, 0.2) is 12.2 Å². The minimum atomic E-state index is -1.57. The number of nitrogens with one attached hydrogen (secondary N) is 1. The lowest BCUT2D eigenvalue weighted by molar-refractivity contribution is -0.223. The maximum absolute atomic E-state index is 13.4. The van der Waals surface area contributed by atoms with E-state index in [0.29, 0.717) is 32.2 Å². The van der Waals surface area contributed by atoms with Crippen LogP contribution < -0.4 is 5.32 Å². The minimum absolute atomic E-state index is 0.0611. The molecule has 0 aromatic heterocycles. The fourth-order valence-electron chi connectivity index (χ4n) is 8.74. The van der Waals surface area contributed by atoms with Crippen molar-refractivity contribution in [3.8, 4) is 0 Å². The van der Waals surface area contributed by atoms with Crippen LogP contribution in [0.2, 0.25) is 0 Å². The summed E-state index contributed by atoms with van der Waals surface area (Å²) in [7, 11) is 0. The largest absolute Gasteiger partial charge is 0.445 e. The summed E-state index contributed by atoms with van der Waals surface area (Å²) in [6.45, 7) is 14.2. The van der Waals surface area contributed by atoms with E-state index >= 15 is 0 Å². The van der Waals surface area contributed by atoms with Gasteiger partial charge in [0.25, 0.3) is 0 Å². The Labute approximate surface area is 207 Å². The summed E-state index contributed by atoms with van der Waals surface area (Å²) in [6.07, 6.45) is 0.341. The molecule has 35 heavy (non-hydrogen) atoms. The molecular weight excluding hydrogens is 448 g/mol. The first kappa shape index (κ1) is 24.9. The minimum Gasteiger partial charge on any atom is -0.445 e. The molecule has 0 radical (unpaired) electrons. The Balaban J connectivity index is 1.47. The van der Waals surface area contributed by atoms with Crippen LogP contribution in [0.4, 0.5) is 4.79 Å². The van der Waals surface area contributed by atoms with Crippen LogP contribution >= 0.6 is 0 Å². The third-order valence-electron chi connectivity index (χ3n) is 10.9. The Morgan fingerprint density at radius 2 is 1.83 bits per heavy atom. The zero-order valence-electron chi connectivity index (χ0n) is 21.4. The van der Waals surface area contributed by atoms with Crippen molar-refractivity contribution in [3.63, 3.8) is 0 Å². The van der Waals surface area contributed by atoms with Crippen molar-refractivity contribution in [3.05, 3.63) is 12.2 Å². The van der Waals surface area contributed by atoms with E-state index in [0.717, 1.165) is 25.1 Å². The molecule has 2 saturated heterocycles. The highest BCUT2D eigenvalue weighted by Crippen LogP contribution is 2.70. The molecule has 0 aromatic rings. The van der Waals surface area contributed by atoms with Crippen LogP contribution in [0.5, 0.6) is 0 Å². The van der Waals surface area contributed by atoms with Gasteiger partial charge in [-0.15, -0.1) is 0 Å². The predicted molar refractivity (Wildman–Crippen MR) is 128 cm³/mol. The Bertz CT molecular complexity index is 975. The van der Waals surface area contributed by atoms with Crippen molar-refractivity contribution in [2.45, 2.75) is 84.0 Å². The normalized spacial score (nSPS) is 48.2. The molecule has 5 aliphatic rings. The lowest BCUT2D eigenvalue weighted by atomic mass is 9.42. The zero-order valence-corrected chi connectivity index (χ0v) is 21.4. The van der Waals surface area contributed by atoms with Crippen molar-refractivity contribution < 1.29 is 29.3 Å². The van der Waals surface area contributed by atoms with E-state index in [4.69, 9.17) is 4.74 Å². The van der Waals surface area contributed by atoms with Crippen molar-refractivity contribution in [1.29, 1.82) is 0 Å². The molecule has 3 unspecified atom stereocenters. The molecule has 0 aromatic carbocycles. The van der Waals surface area contributed by atoms with Gasteiger partial charge in [0.2, 0.25) is 5.91 Å². The Hall–Kier alpha value is -1.77. The number of rotatable bonds is 2. The van der Waals surface area contributed by atoms with E-state index < -0.39 is 46.1 Å². The second-order valence-corrected chi connectivity index (χ2v) is 12.9. The van der Waals surface area contributed by atoms with Gasteiger partial charge in [0.1, 0.15) is 11.9 Å². The standard InChI is InChI=1S/C27H40N2O6/c1-15-6-9-27-10-7-18(30)20(27)26(15,5)19(12-25(4,34)22(32)24(27,2)3)35-23(33)28-21(31)17-14-29-11-8-16(17)13-29/h16-17,19-20,22,32,34H,1,6-14H2,2-5H3,(H,28,31,33)/t16-,17+,19-,20-,22+,25-,26?,27?/m1/s1. The van der Waals surface area contributed by atoms with E-state index in [9.17, 15) is 24.6 Å². The topological polar surface area (TPSA) is 116 Å². The summed E-state index contributed by atoms with van der Waals surface area (Å²) in [6, 6.07) is 0. The van der Waals surface area contributed by atoms with Gasteiger partial charge in [0, 0.05) is 37.3 Å². The van der Waals surface area contributed by atoms with Gasteiger partial charge in [0.15, 0.2) is 0 Å². The van der Waals surface area contributed by atoms with Crippen molar-refractivity contribution >= 4 is 17.8 Å². The summed E-state index contributed by atoms with van der Waals surface area (Å²) >= 11 is 0. The second-order valence-electron chi connectivity index (χ2n) is 12.9. The summed E-state index contributed by atoms with van der Waals surface area (Å²) in [5.74, 6) is -0.696. The number of Topliss-reactive ketones (excluding diaryl/α,β-unsaturated/α-hetero) is 1. The number of aliphatic hydroxyl groups is 2. The number of carbonyl (C=O) groups is 3. The molecule has 9 atom stereocenters. The van der Waals surface area contributed by atoms with Gasteiger partial charge in [-0.2, -0.15) is 0 Å². The van der Waals surface area contributed by atoms with Gasteiger partial charge in [-0.1, -0.05) is 32.9 Å². The molecule has 3 saturated carbocycles. The van der Waals surface area contributed by atoms with Crippen LogP contribution in [0.1, 0.15) is 66.2 Å². The molecule has 2 aliphatic heterocycles. The van der Waals surface area contributed by atoms with Gasteiger partial charge < -0.3 is 19.8 Å². The lowest BCUT2D eigenvalue weighted by Gasteiger charge is -2.63. The third kappa shape index (κ3) is 3.39. The number of imide groups is 1. The molecule has 2 amide bonds. The molecule has 3 N–H and O–H groups in total. The number of ether oxygens (including phenoxy) is 1. The fraction of sp³-hybridized carbons (Fsp3) is 0.815. The molecular formula is C27H40N2O6. The Morgan fingerprint density at radius 1 is 1.14 bits per heavy atom. The average molecular weight is 489 g/mol. The first-order chi connectivity index (χ1) is 16.2. The zero-order chi connectivity index (χ0) is 25.6. The van der Waals surface area contributed by atoms with Crippen molar-refractivity contribution in [2.24, 2.45) is 34.0 Å². The maximum Gasteiger partial charge on any atom is 0.414 e. The van der Waals surface area contributed by atoms with Crippen molar-refractivity contribution in [1.82, 2.24) is 10.2 Å². The van der Waals surface area contributed by atoms with Gasteiger partial charge in [-0.05, 0) is 55.9 Å². The highest BCUT2D eigenvalue weighted by atomic mass is 16.6. The SMILES string of the molecule is C=C1CCC23CCC(=O)[C@@H]2C1(C)[C@H](OC(=O)NC(=O)[C@H]1CN2CC[C@@H]1C2)C[C@@](C)(O)[C@@H](O)C3(C)C. The Morgan fingerprint density at radius 3 is 2.46 bits per heavy atom. The number of aliphatic hydroxyl groups excluding tert-OH is 1. The number of piperidine rings is 1. The molecule has 0 spiro atoms. The van der Waals surface area contributed by atoms with Crippen LogP contribution in [-0.2, 0) is 14.3 Å². The number of hydrogen-bond donors (Lipinski definition) is 3. The van der Waals surface area contributed by atoms with Gasteiger partial charge in [0.05, 0.1) is 17.6 Å². The quantitative estimate of drug-likeness (QED) is 0.511. The number of fused-ring (bicyclic) bond motifs is 2. The molecule has 194 valence electrons. The molecule has 2 heterocycles. The molecule has 8 heteroatoms. The number of amides is 2. The number of ketones is 1. The van der Waals surface area contributed by atoms with Gasteiger partial charge in [-0.3, -0.25) is 14.9 Å². The number of nitrogens with zero attached hydrogens (tertiary/aromatic N) is 1. The predicted octanol–water partition coefficient (Wildman–Crippen LogP) is 2.42. The highest BCUT2D eigenvalue weighted by molar-refractivity contribution is 5.93. The second kappa shape index (κ2) is 7.86. The van der Waals surface area contributed by atoms with E-state index in [1.807, 2.05) is 20.8 Å². The monoisotopic (exact) mass is 488 g/mol. The summed E-state index contributed by atoms with van der Waals surface area (Å²) in [4.78, 5) is 41.6. The summed E-state index contributed by atoms with van der Waals surface area (Å²) in [5.41, 5.74) is -2.95. The molecule has 8 nitrogen and oxygen atoms in total. The first-order valence-corrected chi connectivity index (χ1v) is 13.1. The molecule has 5 rings (SSSR count). The summed E-state index contributed by atoms with van der Waals surface area (Å²) < 4.78 is 5.93. The van der Waals surface area contributed by atoms with Gasteiger partial charge in [-0.25, -0.2) is 4.79 Å². The maximum atomic E-state index is 13.4. The number of hydrogen-bond acceptors (Lipinski definition) is 7.